The first kappa shape index (κ1) is 40.1. The Kier molecular flexibility index (Phi) is 14.9. The van der Waals surface area contributed by atoms with Crippen LogP contribution in [-0.4, -0.2) is 101 Å². The van der Waals surface area contributed by atoms with Crippen molar-refractivity contribution in [2.45, 2.75) is 19.5 Å². The normalized spacial score (nSPS) is 13.3. The van der Waals surface area contributed by atoms with E-state index in [1.165, 1.54) is 11.1 Å². The maximum atomic E-state index is 9.55. The standard InChI is InChI=1S/C37H44N2O6.C4H4O4/c1-40-32-20-30(21-33(41-2)36(32)44-5)28-12-8-26(9-13-28)24-38-16-7-17-39(19-18-38)25-27-10-14-29(15-11-27)31-22-34(42-3)37(45-6)35(23-31)43-4;5-3(6)1-2-4(7)8/h8-15,20-23H,7,16-19,24-25H2,1-6H3;1-2H,(H,5,6)(H,7,8)/b;2-1-. The third-order valence-electron chi connectivity index (χ3n) is 8.77. The number of ether oxygens (including phenoxy) is 6. The van der Waals surface area contributed by atoms with E-state index in [0.717, 1.165) is 67.9 Å². The third kappa shape index (κ3) is 11.1. The lowest BCUT2D eigenvalue weighted by Gasteiger charge is -2.22. The first-order valence-electron chi connectivity index (χ1n) is 17.0. The van der Waals surface area contributed by atoms with Crippen LogP contribution in [0.1, 0.15) is 17.5 Å². The number of methoxy groups -OCH3 is 6. The Morgan fingerprint density at radius 3 is 1.09 bits per heavy atom. The molecule has 0 unspecified atom stereocenters. The number of rotatable bonds is 14. The fraction of sp³-hybridized carbons (Fsp3) is 0.317. The molecule has 282 valence electrons. The van der Waals surface area contributed by atoms with Gasteiger partial charge in [0.2, 0.25) is 11.5 Å². The predicted molar refractivity (Wildman–Crippen MR) is 203 cm³/mol. The Bertz CT molecular complexity index is 1660. The number of nitrogens with zero attached hydrogens (tertiary/aromatic N) is 2. The molecule has 1 fully saturated rings. The minimum Gasteiger partial charge on any atom is -0.493 e. The van der Waals surface area contributed by atoms with Crippen molar-refractivity contribution in [2.24, 2.45) is 0 Å². The summed E-state index contributed by atoms with van der Waals surface area (Å²) in [6.07, 6.45) is 2.26. The number of hydrogen-bond acceptors (Lipinski definition) is 10. The van der Waals surface area contributed by atoms with E-state index in [1.807, 2.05) is 24.3 Å². The number of carboxylic acids is 2. The minimum absolute atomic E-state index is 0.558. The van der Waals surface area contributed by atoms with E-state index in [2.05, 4.69) is 58.3 Å². The molecule has 0 aliphatic carbocycles. The molecule has 0 aromatic heterocycles. The van der Waals surface area contributed by atoms with Gasteiger partial charge in [-0.2, -0.15) is 0 Å². The average Bonchev–Trinajstić information content (AvgIpc) is 3.40. The Balaban J connectivity index is 0.000000703. The first-order valence-corrected chi connectivity index (χ1v) is 17.0. The van der Waals surface area contributed by atoms with Crippen LogP contribution < -0.4 is 28.4 Å². The zero-order valence-electron chi connectivity index (χ0n) is 31.1. The van der Waals surface area contributed by atoms with Crippen LogP contribution in [0.4, 0.5) is 0 Å². The van der Waals surface area contributed by atoms with E-state index in [-0.39, 0.29) is 0 Å². The summed E-state index contributed by atoms with van der Waals surface area (Å²) in [5.74, 6) is 1.30. The SMILES string of the molecule is COc1cc(-c2ccc(CN3CCCN(Cc4ccc(-c5cc(OC)c(OC)c(OC)c5)cc4)CC3)cc2)cc(OC)c1OC.O=C(O)/C=C\C(=O)O. The van der Waals surface area contributed by atoms with Gasteiger partial charge in [-0.05, 0) is 77.2 Å². The molecule has 0 bridgehead atoms. The zero-order chi connectivity index (χ0) is 38.3. The summed E-state index contributed by atoms with van der Waals surface area (Å²) in [6.45, 7) is 6.13. The molecule has 0 atom stereocenters. The lowest BCUT2D eigenvalue weighted by atomic mass is 10.0. The Morgan fingerprint density at radius 2 is 0.830 bits per heavy atom. The second kappa shape index (κ2) is 19.8. The summed E-state index contributed by atoms with van der Waals surface area (Å²) in [7, 11) is 9.80. The summed E-state index contributed by atoms with van der Waals surface area (Å²) in [4.78, 5) is 24.2. The molecule has 2 N–H and O–H groups in total. The van der Waals surface area contributed by atoms with Crippen molar-refractivity contribution in [2.75, 3.05) is 68.8 Å². The van der Waals surface area contributed by atoms with Crippen LogP contribution in [-0.2, 0) is 22.7 Å². The van der Waals surface area contributed by atoms with Crippen LogP contribution in [0, 0.1) is 0 Å². The van der Waals surface area contributed by atoms with Crippen molar-refractivity contribution in [1.82, 2.24) is 9.80 Å². The highest BCUT2D eigenvalue weighted by molar-refractivity contribution is 5.89. The Morgan fingerprint density at radius 1 is 0.509 bits per heavy atom. The van der Waals surface area contributed by atoms with Crippen LogP contribution in [0.15, 0.2) is 84.9 Å². The minimum atomic E-state index is -1.26. The number of benzene rings is 4. The molecule has 4 aromatic rings. The highest BCUT2D eigenvalue weighted by Gasteiger charge is 2.18. The molecule has 5 rings (SSSR count). The smallest absolute Gasteiger partial charge is 0.328 e. The average molecular weight is 729 g/mol. The van der Waals surface area contributed by atoms with Gasteiger partial charge in [0.15, 0.2) is 23.0 Å². The van der Waals surface area contributed by atoms with E-state index in [1.54, 1.807) is 42.7 Å². The van der Waals surface area contributed by atoms with Gasteiger partial charge in [-0.25, -0.2) is 9.59 Å². The molecule has 1 aliphatic rings. The van der Waals surface area contributed by atoms with E-state index in [0.29, 0.717) is 46.6 Å². The van der Waals surface area contributed by atoms with Gasteiger partial charge in [-0.3, -0.25) is 9.80 Å². The van der Waals surface area contributed by atoms with E-state index in [9.17, 15) is 9.59 Å². The molecule has 53 heavy (non-hydrogen) atoms. The molecule has 1 aliphatic heterocycles. The van der Waals surface area contributed by atoms with Gasteiger partial charge in [-0.15, -0.1) is 0 Å². The number of hydrogen-bond donors (Lipinski definition) is 2. The van der Waals surface area contributed by atoms with E-state index >= 15 is 0 Å². The summed E-state index contributed by atoms with van der Waals surface area (Å²) in [5, 5.41) is 15.6. The van der Waals surface area contributed by atoms with Gasteiger partial charge in [0, 0.05) is 38.3 Å². The molecule has 4 aromatic carbocycles. The van der Waals surface area contributed by atoms with Gasteiger partial charge in [0.05, 0.1) is 42.7 Å². The maximum Gasteiger partial charge on any atom is 0.328 e. The Hall–Kier alpha value is -5.72. The fourth-order valence-corrected chi connectivity index (χ4v) is 6.10. The monoisotopic (exact) mass is 728 g/mol. The quantitative estimate of drug-likeness (QED) is 0.137. The van der Waals surface area contributed by atoms with Gasteiger partial charge in [-0.1, -0.05) is 48.5 Å². The van der Waals surface area contributed by atoms with Crippen molar-refractivity contribution in [1.29, 1.82) is 0 Å². The molecule has 0 spiro atoms. The fourth-order valence-electron chi connectivity index (χ4n) is 6.10. The lowest BCUT2D eigenvalue weighted by Crippen LogP contribution is -2.30. The second-order valence-electron chi connectivity index (χ2n) is 12.1. The molecule has 1 saturated heterocycles. The largest absolute Gasteiger partial charge is 0.493 e. The van der Waals surface area contributed by atoms with E-state index in [4.69, 9.17) is 38.6 Å². The third-order valence-corrected chi connectivity index (χ3v) is 8.77. The van der Waals surface area contributed by atoms with E-state index < -0.39 is 11.9 Å². The van der Waals surface area contributed by atoms with Gasteiger partial charge >= 0.3 is 11.9 Å². The van der Waals surface area contributed by atoms with Crippen LogP contribution in [0.3, 0.4) is 0 Å². The van der Waals surface area contributed by atoms with Crippen molar-refractivity contribution in [3.8, 4) is 56.8 Å². The molecular formula is C41H48N2O10. The van der Waals surface area contributed by atoms with Crippen LogP contribution in [0.2, 0.25) is 0 Å². The lowest BCUT2D eigenvalue weighted by molar-refractivity contribution is -0.134. The van der Waals surface area contributed by atoms with Crippen molar-refractivity contribution >= 4 is 11.9 Å². The number of aliphatic carboxylic acids is 2. The van der Waals surface area contributed by atoms with Crippen LogP contribution in [0.5, 0.6) is 34.5 Å². The second-order valence-corrected chi connectivity index (χ2v) is 12.1. The highest BCUT2D eigenvalue weighted by Crippen LogP contribution is 2.42. The first-order chi connectivity index (χ1) is 25.6. The van der Waals surface area contributed by atoms with Gasteiger partial charge in [0.25, 0.3) is 0 Å². The van der Waals surface area contributed by atoms with Gasteiger partial charge in [0.1, 0.15) is 0 Å². The molecule has 12 heteroatoms. The molecule has 12 nitrogen and oxygen atoms in total. The summed E-state index contributed by atoms with van der Waals surface area (Å²) < 4.78 is 33.1. The zero-order valence-corrected chi connectivity index (χ0v) is 31.1. The molecule has 0 amide bonds. The summed E-state index contributed by atoms with van der Waals surface area (Å²) in [6, 6.07) is 25.5. The number of carboxylic acid groups (broad SMARTS) is 2. The molecular weight excluding hydrogens is 680 g/mol. The molecule has 0 saturated carbocycles. The maximum absolute atomic E-state index is 9.55. The number of carbonyl (C=O) groups is 2. The summed E-state index contributed by atoms with van der Waals surface area (Å²) in [5.41, 5.74) is 6.88. The topological polar surface area (TPSA) is 136 Å². The van der Waals surface area contributed by atoms with Crippen molar-refractivity contribution < 1.29 is 48.2 Å². The van der Waals surface area contributed by atoms with Crippen LogP contribution >= 0.6 is 0 Å². The van der Waals surface area contributed by atoms with Crippen molar-refractivity contribution in [3.05, 3.63) is 96.1 Å². The van der Waals surface area contributed by atoms with Gasteiger partial charge < -0.3 is 38.6 Å². The molecule has 0 radical (unpaired) electrons. The van der Waals surface area contributed by atoms with Crippen molar-refractivity contribution in [3.63, 3.8) is 0 Å². The molecule has 1 heterocycles. The predicted octanol–water partition coefficient (Wildman–Crippen LogP) is 6.49. The summed E-state index contributed by atoms with van der Waals surface area (Å²) >= 11 is 0. The Labute approximate surface area is 310 Å². The highest BCUT2D eigenvalue weighted by atomic mass is 16.5. The van der Waals surface area contributed by atoms with Crippen LogP contribution in [0.25, 0.3) is 22.3 Å².